The van der Waals surface area contributed by atoms with Gasteiger partial charge in [-0.3, -0.25) is 4.79 Å². The van der Waals surface area contributed by atoms with Crippen molar-refractivity contribution in [3.8, 4) is 23.0 Å². The summed E-state index contributed by atoms with van der Waals surface area (Å²) in [5.41, 5.74) is 4.50. The molecule has 0 saturated carbocycles. The number of nitrogens with one attached hydrogen (secondary N) is 1. The molecule has 0 bridgehead atoms. The monoisotopic (exact) mass is 480 g/mol. The highest BCUT2D eigenvalue weighted by atomic mass is 35.5. The number of methoxy groups -OCH3 is 2. The molecule has 3 aromatic rings. The fourth-order valence-corrected chi connectivity index (χ4v) is 3.26. The second-order valence-electron chi connectivity index (χ2n) is 6.97. The van der Waals surface area contributed by atoms with Crippen LogP contribution in [0, 0.1) is 0 Å². The van der Waals surface area contributed by atoms with E-state index in [0.29, 0.717) is 52.4 Å². The van der Waals surface area contributed by atoms with E-state index in [1.165, 1.54) is 20.4 Å². The largest absolute Gasteiger partial charge is 0.493 e. The molecule has 3 rings (SSSR count). The molecule has 34 heavy (non-hydrogen) atoms. The van der Waals surface area contributed by atoms with Gasteiger partial charge in [0, 0.05) is 5.56 Å². The van der Waals surface area contributed by atoms with Gasteiger partial charge in [-0.25, -0.2) is 5.43 Å². The molecule has 0 radical (unpaired) electrons. The summed E-state index contributed by atoms with van der Waals surface area (Å²) in [6.07, 6.45) is 3.07. The Morgan fingerprint density at radius 1 is 1.00 bits per heavy atom. The van der Waals surface area contributed by atoms with Gasteiger partial charge >= 0.3 is 0 Å². The van der Waals surface area contributed by atoms with E-state index in [1.807, 2.05) is 30.3 Å². The molecule has 0 aliphatic rings. The first kappa shape index (κ1) is 24.7. The van der Waals surface area contributed by atoms with Crippen LogP contribution in [0.4, 0.5) is 0 Å². The van der Waals surface area contributed by atoms with Gasteiger partial charge in [-0.2, -0.15) is 5.10 Å². The SMILES string of the molecule is C=CCOc1c(Cl)cc(/C=N/NC(=O)c2ccc(OCc3ccccc3)c(OC)c2)cc1OC. The Balaban J connectivity index is 1.66. The number of carbonyl (C=O) groups excluding carboxylic acids is 1. The Morgan fingerprint density at radius 3 is 2.47 bits per heavy atom. The number of nitrogens with zero attached hydrogens (tertiary/aromatic N) is 1. The highest BCUT2D eigenvalue weighted by molar-refractivity contribution is 6.32. The van der Waals surface area contributed by atoms with Gasteiger partial charge in [0.05, 0.1) is 25.5 Å². The van der Waals surface area contributed by atoms with E-state index in [2.05, 4.69) is 17.1 Å². The van der Waals surface area contributed by atoms with Gasteiger partial charge in [0.1, 0.15) is 13.2 Å². The van der Waals surface area contributed by atoms with Crippen LogP contribution in [0.5, 0.6) is 23.0 Å². The second-order valence-corrected chi connectivity index (χ2v) is 7.38. The lowest BCUT2D eigenvalue weighted by Gasteiger charge is -2.12. The maximum absolute atomic E-state index is 12.6. The molecule has 0 atom stereocenters. The lowest BCUT2D eigenvalue weighted by atomic mass is 10.2. The summed E-state index contributed by atoms with van der Waals surface area (Å²) in [4.78, 5) is 12.6. The molecule has 7 nitrogen and oxygen atoms in total. The predicted molar refractivity (Wildman–Crippen MR) is 133 cm³/mol. The van der Waals surface area contributed by atoms with Gasteiger partial charge in [-0.1, -0.05) is 54.6 Å². The molecule has 0 aliphatic carbocycles. The maximum Gasteiger partial charge on any atom is 0.271 e. The van der Waals surface area contributed by atoms with E-state index >= 15 is 0 Å². The number of rotatable bonds is 11. The van der Waals surface area contributed by atoms with Crippen LogP contribution in [-0.4, -0.2) is 32.9 Å². The first-order valence-electron chi connectivity index (χ1n) is 10.3. The summed E-state index contributed by atoms with van der Waals surface area (Å²) >= 11 is 6.29. The zero-order valence-corrected chi connectivity index (χ0v) is 19.7. The fraction of sp³-hybridized carbons (Fsp3) is 0.154. The van der Waals surface area contributed by atoms with Crippen LogP contribution in [0.3, 0.4) is 0 Å². The number of hydrogen-bond acceptors (Lipinski definition) is 6. The van der Waals surface area contributed by atoms with Crippen molar-refractivity contribution in [3.05, 3.63) is 95.0 Å². The van der Waals surface area contributed by atoms with Crippen molar-refractivity contribution in [3.63, 3.8) is 0 Å². The van der Waals surface area contributed by atoms with E-state index in [9.17, 15) is 4.79 Å². The van der Waals surface area contributed by atoms with E-state index in [4.69, 9.17) is 30.5 Å². The summed E-state index contributed by atoms with van der Waals surface area (Å²) in [7, 11) is 3.03. The zero-order valence-electron chi connectivity index (χ0n) is 18.9. The Kier molecular flexibility index (Phi) is 8.94. The minimum Gasteiger partial charge on any atom is -0.493 e. The molecule has 8 heteroatoms. The van der Waals surface area contributed by atoms with Gasteiger partial charge in [0.2, 0.25) is 0 Å². The Labute approximate surface area is 203 Å². The first-order chi connectivity index (χ1) is 16.5. The number of carbonyl (C=O) groups is 1. The first-order valence-corrected chi connectivity index (χ1v) is 10.7. The third-order valence-corrected chi connectivity index (χ3v) is 4.92. The third-order valence-electron chi connectivity index (χ3n) is 4.64. The summed E-state index contributed by atoms with van der Waals surface area (Å²) in [5.74, 6) is 1.42. The van der Waals surface area contributed by atoms with Crippen molar-refractivity contribution < 1.29 is 23.7 Å². The predicted octanol–water partition coefficient (Wildman–Crippen LogP) is 5.26. The molecular weight excluding hydrogens is 456 g/mol. The number of benzene rings is 3. The van der Waals surface area contributed by atoms with Crippen LogP contribution in [0.25, 0.3) is 0 Å². The third kappa shape index (κ3) is 6.52. The van der Waals surface area contributed by atoms with Crippen LogP contribution < -0.4 is 24.4 Å². The van der Waals surface area contributed by atoms with Crippen molar-refractivity contribution in [2.75, 3.05) is 20.8 Å². The molecule has 0 saturated heterocycles. The number of amides is 1. The average Bonchev–Trinajstić information content (AvgIpc) is 2.87. The molecule has 3 aromatic carbocycles. The molecule has 0 aliphatic heterocycles. The van der Waals surface area contributed by atoms with Gasteiger partial charge < -0.3 is 18.9 Å². The van der Waals surface area contributed by atoms with Crippen molar-refractivity contribution in [2.24, 2.45) is 5.10 Å². The number of halogens is 1. The molecule has 0 unspecified atom stereocenters. The number of hydrogen-bond donors (Lipinski definition) is 1. The van der Waals surface area contributed by atoms with E-state index in [-0.39, 0.29) is 0 Å². The molecule has 176 valence electrons. The molecule has 0 aromatic heterocycles. The van der Waals surface area contributed by atoms with Gasteiger partial charge in [0.25, 0.3) is 5.91 Å². The lowest BCUT2D eigenvalue weighted by Crippen LogP contribution is -2.17. The van der Waals surface area contributed by atoms with E-state index < -0.39 is 5.91 Å². The molecule has 1 N–H and O–H groups in total. The number of ether oxygens (including phenoxy) is 4. The van der Waals surface area contributed by atoms with E-state index in [0.717, 1.165) is 5.56 Å². The maximum atomic E-state index is 12.6. The van der Waals surface area contributed by atoms with Crippen molar-refractivity contribution in [1.29, 1.82) is 0 Å². The van der Waals surface area contributed by atoms with Crippen molar-refractivity contribution in [2.45, 2.75) is 6.61 Å². The van der Waals surface area contributed by atoms with Gasteiger partial charge in [-0.05, 0) is 41.5 Å². The highest BCUT2D eigenvalue weighted by Crippen LogP contribution is 2.36. The van der Waals surface area contributed by atoms with Crippen LogP contribution >= 0.6 is 11.6 Å². The normalized spacial score (nSPS) is 10.6. The van der Waals surface area contributed by atoms with Crippen LogP contribution in [-0.2, 0) is 6.61 Å². The molecular formula is C26H25ClN2O5. The molecule has 0 fully saturated rings. The Morgan fingerprint density at radius 2 is 1.76 bits per heavy atom. The number of hydrazone groups is 1. The van der Waals surface area contributed by atoms with Crippen molar-refractivity contribution >= 4 is 23.7 Å². The van der Waals surface area contributed by atoms with E-state index in [1.54, 1.807) is 36.4 Å². The fourth-order valence-electron chi connectivity index (χ4n) is 2.99. The standard InChI is InChI=1S/C26H25ClN2O5/c1-4-12-33-25-21(27)13-19(14-24(25)32-3)16-28-29-26(30)20-10-11-22(23(15-20)31-2)34-17-18-8-6-5-7-9-18/h4-11,13-16H,1,12,17H2,2-3H3,(H,29,30)/b28-16+. The lowest BCUT2D eigenvalue weighted by molar-refractivity contribution is 0.0954. The molecule has 0 heterocycles. The topological polar surface area (TPSA) is 78.4 Å². The quantitative estimate of drug-likeness (QED) is 0.230. The van der Waals surface area contributed by atoms with Crippen LogP contribution in [0.1, 0.15) is 21.5 Å². The Hall–Kier alpha value is -3.97. The molecule has 1 amide bonds. The zero-order chi connectivity index (χ0) is 24.3. The summed E-state index contributed by atoms with van der Waals surface area (Å²) in [5, 5.41) is 4.36. The highest BCUT2D eigenvalue weighted by Gasteiger charge is 2.13. The van der Waals surface area contributed by atoms with Gasteiger partial charge in [-0.15, -0.1) is 0 Å². The van der Waals surface area contributed by atoms with Gasteiger partial charge in [0.15, 0.2) is 23.0 Å². The van der Waals surface area contributed by atoms with Crippen LogP contribution in [0.2, 0.25) is 5.02 Å². The molecule has 0 spiro atoms. The smallest absolute Gasteiger partial charge is 0.271 e. The minimum absolute atomic E-state index is 0.291. The minimum atomic E-state index is -0.409. The summed E-state index contributed by atoms with van der Waals surface area (Å²) < 4.78 is 22.1. The van der Waals surface area contributed by atoms with Crippen molar-refractivity contribution in [1.82, 2.24) is 5.43 Å². The van der Waals surface area contributed by atoms with Crippen LogP contribution in [0.15, 0.2) is 78.4 Å². The Bertz CT molecular complexity index is 1170. The summed E-state index contributed by atoms with van der Waals surface area (Å²) in [6, 6.07) is 18.0. The summed E-state index contributed by atoms with van der Waals surface area (Å²) in [6.45, 7) is 4.29. The average molecular weight is 481 g/mol. The second kappa shape index (κ2) is 12.3.